The highest BCUT2D eigenvalue weighted by atomic mass is 32.1. The van der Waals surface area contributed by atoms with Crippen LogP contribution >= 0.6 is 11.3 Å². The van der Waals surface area contributed by atoms with Crippen LogP contribution in [0.4, 0.5) is 0 Å². The third-order valence-electron chi connectivity index (χ3n) is 3.55. The number of hydrogen-bond donors (Lipinski definition) is 1. The van der Waals surface area contributed by atoms with Crippen molar-refractivity contribution in [1.29, 1.82) is 0 Å². The van der Waals surface area contributed by atoms with Crippen LogP contribution in [0.15, 0.2) is 28.4 Å². The number of ether oxygens (including phenoxy) is 1. The third kappa shape index (κ3) is 3.96. The van der Waals surface area contributed by atoms with E-state index in [0.29, 0.717) is 25.4 Å². The van der Waals surface area contributed by atoms with Crippen LogP contribution < -0.4 is 0 Å². The third-order valence-corrected chi connectivity index (χ3v) is 4.49. The first-order chi connectivity index (χ1) is 11.1. The summed E-state index contributed by atoms with van der Waals surface area (Å²) in [6.45, 7) is 1.15. The maximum atomic E-state index is 12.4. The van der Waals surface area contributed by atoms with E-state index in [1.807, 2.05) is 11.4 Å². The van der Waals surface area contributed by atoms with Crippen LogP contribution in [-0.2, 0) is 20.7 Å². The van der Waals surface area contributed by atoms with Gasteiger partial charge in [-0.25, -0.2) is 4.98 Å². The van der Waals surface area contributed by atoms with E-state index >= 15 is 0 Å². The Balaban J connectivity index is 1.59. The van der Waals surface area contributed by atoms with Crippen molar-refractivity contribution in [3.63, 3.8) is 0 Å². The van der Waals surface area contributed by atoms with Crippen molar-refractivity contribution in [2.75, 3.05) is 19.7 Å². The van der Waals surface area contributed by atoms with Gasteiger partial charge in [0.15, 0.2) is 0 Å². The number of nitrogens with zero attached hydrogens (tertiary/aromatic N) is 2. The van der Waals surface area contributed by atoms with Crippen molar-refractivity contribution < 1.29 is 23.8 Å². The van der Waals surface area contributed by atoms with Gasteiger partial charge in [0.1, 0.15) is 11.3 Å². The minimum Gasteiger partial charge on any atom is -0.481 e. The maximum Gasteiger partial charge on any atom is 0.306 e. The number of carbonyl (C=O) groups excluding carboxylic acids is 1. The highest BCUT2D eigenvalue weighted by Gasteiger charge is 2.26. The lowest BCUT2D eigenvalue weighted by atomic mass is 10.2. The van der Waals surface area contributed by atoms with E-state index in [1.165, 1.54) is 11.3 Å². The van der Waals surface area contributed by atoms with E-state index < -0.39 is 12.1 Å². The summed E-state index contributed by atoms with van der Waals surface area (Å²) in [6.07, 6.45) is 2.86. The standard InChI is InChI=1S/C15H16N2O5S/c18-13(17-2-4-22-12(7-17)6-14(19)20)5-11-9-23-15(16-11)10-1-3-21-8-10/h1,3,8-9,12H,2,4-7H2,(H,19,20)/t12-/m0/s1. The fraction of sp³-hybridized carbons (Fsp3) is 0.400. The van der Waals surface area contributed by atoms with Crippen LogP contribution in [0.5, 0.6) is 0 Å². The molecule has 3 heterocycles. The minimum atomic E-state index is -0.923. The molecule has 0 bridgehead atoms. The van der Waals surface area contributed by atoms with Gasteiger partial charge in [-0.1, -0.05) is 0 Å². The number of amides is 1. The first-order valence-corrected chi connectivity index (χ1v) is 8.08. The molecule has 0 aliphatic carbocycles. The molecule has 1 aliphatic heterocycles. The average molecular weight is 336 g/mol. The van der Waals surface area contributed by atoms with Gasteiger partial charge in [0.05, 0.1) is 37.5 Å². The zero-order chi connectivity index (χ0) is 16.2. The number of morpholine rings is 1. The zero-order valence-corrected chi connectivity index (χ0v) is 13.1. The molecule has 0 saturated carbocycles. The summed E-state index contributed by atoms with van der Waals surface area (Å²) in [7, 11) is 0. The van der Waals surface area contributed by atoms with E-state index in [2.05, 4.69) is 4.98 Å². The number of carboxylic acids is 1. The number of furan rings is 1. The zero-order valence-electron chi connectivity index (χ0n) is 12.3. The van der Waals surface area contributed by atoms with Crippen molar-refractivity contribution in [1.82, 2.24) is 9.88 Å². The molecule has 7 nitrogen and oxygen atoms in total. The quantitative estimate of drug-likeness (QED) is 0.892. The highest BCUT2D eigenvalue weighted by Crippen LogP contribution is 2.24. The molecule has 1 aliphatic rings. The van der Waals surface area contributed by atoms with Crippen LogP contribution in [-0.4, -0.2) is 52.7 Å². The van der Waals surface area contributed by atoms with Crippen molar-refractivity contribution in [2.45, 2.75) is 18.9 Å². The van der Waals surface area contributed by atoms with E-state index in [-0.39, 0.29) is 18.7 Å². The fourth-order valence-corrected chi connectivity index (χ4v) is 3.24. The number of aliphatic carboxylic acids is 1. The number of rotatable bonds is 5. The predicted molar refractivity (Wildman–Crippen MR) is 82.1 cm³/mol. The second-order valence-corrected chi connectivity index (χ2v) is 6.12. The summed E-state index contributed by atoms with van der Waals surface area (Å²) in [6, 6.07) is 1.82. The fourth-order valence-electron chi connectivity index (χ4n) is 2.44. The molecule has 2 aromatic rings. The Morgan fingerprint density at radius 1 is 1.48 bits per heavy atom. The lowest BCUT2D eigenvalue weighted by Crippen LogP contribution is -2.46. The molecule has 1 amide bonds. The van der Waals surface area contributed by atoms with Crippen molar-refractivity contribution in [3.8, 4) is 10.6 Å². The molecule has 23 heavy (non-hydrogen) atoms. The summed E-state index contributed by atoms with van der Waals surface area (Å²) >= 11 is 1.46. The Kier molecular flexibility index (Phi) is 4.73. The van der Waals surface area contributed by atoms with E-state index in [4.69, 9.17) is 14.3 Å². The first-order valence-electron chi connectivity index (χ1n) is 7.20. The Labute approximate surface area is 136 Å². The molecule has 1 fully saturated rings. The van der Waals surface area contributed by atoms with Gasteiger partial charge in [-0.05, 0) is 6.07 Å². The first kappa shape index (κ1) is 15.7. The molecule has 8 heteroatoms. The second-order valence-electron chi connectivity index (χ2n) is 5.26. The summed E-state index contributed by atoms with van der Waals surface area (Å²) in [5.74, 6) is -0.985. The largest absolute Gasteiger partial charge is 0.481 e. The van der Waals surface area contributed by atoms with E-state index in [9.17, 15) is 9.59 Å². The molecule has 122 valence electrons. The summed E-state index contributed by atoms with van der Waals surface area (Å²) in [5.41, 5.74) is 1.60. The number of carbonyl (C=O) groups is 2. The van der Waals surface area contributed by atoms with Gasteiger partial charge in [0.25, 0.3) is 0 Å². The topological polar surface area (TPSA) is 92.9 Å². The van der Waals surface area contributed by atoms with Crippen LogP contribution in [0.1, 0.15) is 12.1 Å². The van der Waals surface area contributed by atoms with Crippen LogP contribution in [0.25, 0.3) is 10.6 Å². The van der Waals surface area contributed by atoms with Crippen molar-refractivity contribution in [2.24, 2.45) is 0 Å². The lowest BCUT2D eigenvalue weighted by Gasteiger charge is -2.32. The molecule has 1 N–H and O–H groups in total. The molecule has 0 radical (unpaired) electrons. The molecule has 1 atom stereocenters. The number of thiazole rings is 1. The van der Waals surface area contributed by atoms with Crippen molar-refractivity contribution in [3.05, 3.63) is 29.7 Å². The minimum absolute atomic E-state index is 0.0623. The van der Waals surface area contributed by atoms with Gasteiger partial charge in [0.2, 0.25) is 5.91 Å². The predicted octanol–water partition coefficient (Wildman–Crippen LogP) is 1.65. The Hall–Kier alpha value is -2.19. The SMILES string of the molecule is O=C(O)C[C@H]1CN(C(=O)Cc2csc(-c3ccoc3)n2)CCO1. The molecule has 0 aromatic carbocycles. The molecular formula is C15H16N2O5S. The summed E-state index contributed by atoms with van der Waals surface area (Å²) < 4.78 is 10.4. The normalized spacial score (nSPS) is 18.1. The highest BCUT2D eigenvalue weighted by molar-refractivity contribution is 7.13. The molecule has 0 unspecified atom stereocenters. The molecular weight excluding hydrogens is 320 g/mol. The Morgan fingerprint density at radius 3 is 3.09 bits per heavy atom. The smallest absolute Gasteiger partial charge is 0.306 e. The van der Waals surface area contributed by atoms with Gasteiger partial charge in [-0.15, -0.1) is 11.3 Å². The molecule has 0 spiro atoms. The summed E-state index contributed by atoms with van der Waals surface area (Å²) in [4.78, 5) is 29.2. The monoisotopic (exact) mass is 336 g/mol. The Morgan fingerprint density at radius 2 is 2.35 bits per heavy atom. The number of aromatic nitrogens is 1. The van der Waals surface area contributed by atoms with E-state index in [1.54, 1.807) is 17.4 Å². The summed E-state index contributed by atoms with van der Waals surface area (Å²) in [5, 5.41) is 11.5. The molecule has 1 saturated heterocycles. The van der Waals surface area contributed by atoms with Crippen molar-refractivity contribution >= 4 is 23.2 Å². The second kappa shape index (κ2) is 6.93. The van der Waals surface area contributed by atoms with Gasteiger partial charge in [-0.2, -0.15) is 0 Å². The Bertz CT molecular complexity index is 682. The number of carboxylic acid groups (broad SMARTS) is 1. The molecule has 2 aromatic heterocycles. The molecule has 3 rings (SSSR count). The van der Waals surface area contributed by atoms with Gasteiger partial charge < -0.3 is 19.2 Å². The van der Waals surface area contributed by atoms with E-state index in [0.717, 1.165) is 10.6 Å². The average Bonchev–Trinajstić information content (AvgIpc) is 3.17. The number of hydrogen-bond acceptors (Lipinski definition) is 6. The lowest BCUT2D eigenvalue weighted by molar-refractivity contribution is -0.147. The van der Waals surface area contributed by atoms with Crippen LogP contribution in [0.2, 0.25) is 0 Å². The van der Waals surface area contributed by atoms with Gasteiger partial charge in [-0.3, -0.25) is 9.59 Å². The maximum absolute atomic E-state index is 12.4. The van der Waals surface area contributed by atoms with Crippen LogP contribution in [0.3, 0.4) is 0 Å². The van der Waals surface area contributed by atoms with Crippen LogP contribution in [0, 0.1) is 0 Å². The van der Waals surface area contributed by atoms with Gasteiger partial charge >= 0.3 is 5.97 Å². The van der Waals surface area contributed by atoms with Gasteiger partial charge in [0, 0.05) is 24.0 Å².